The average molecular weight is 304 g/mol. The van der Waals surface area contributed by atoms with Gasteiger partial charge in [-0.1, -0.05) is 17.7 Å². The van der Waals surface area contributed by atoms with Gasteiger partial charge >= 0.3 is 0 Å². The van der Waals surface area contributed by atoms with E-state index < -0.39 is 11.5 Å². The zero-order valence-corrected chi connectivity index (χ0v) is 13.7. The Hall–Kier alpha value is -1.88. The highest BCUT2D eigenvalue weighted by atomic mass is 16.3. The van der Waals surface area contributed by atoms with Gasteiger partial charge in [0.1, 0.15) is 5.92 Å². The maximum absolute atomic E-state index is 12.5. The summed E-state index contributed by atoms with van der Waals surface area (Å²) in [5.41, 5.74) is 0.992. The molecular formula is C17H24N2O3. The van der Waals surface area contributed by atoms with E-state index in [0.29, 0.717) is 13.0 Å². The third-order valence-electron chi connectivity index (χ3n) is 3.85. The van der Waals surface area contributed by atoms with Crippen LogP contribution in [0.4, 0.5) is 5.69 Å². The van der Waals surface area contributed by atoms with E-state index in [-0.39, 0.29) is 18.4 Å². The van der Waals surface area contributed by atoms with E-state index >= 15 is 0 Å². The first kappa shape index (κ1) is 16.5. The van der Waals surface area contributed by atoms with Gasteiger partial charge < -0.3 is 14.9 Å². The Balaban J connectivity index is 2.07. The smallest absolute Gasteiger partial charge is 0.239 e. The molecule has 5 heteroatoms. The minimum atomic E-state index is -0.970. The van der Waals surface area contributed by atoms with E-state index in [4.69, 9.17) is 0 Å². The first-order chi connectivity index (χ1) is 10.2. The van der Waals surface area contributed by atoms with Gasteiger partial charge in [-0.2, -0.15) is 0 Å². The van der Waals surface area contributed by atoms with Crippen LogP contribution in [-0.2, 0) is 9.59 Å². The molecule has 120 valence electrons. The number of hydrogen-bond acceptors (Lipinski definition) is 3. The Morgan fingerprint density at radius 3 is 2.50 bits per heavy atom. The lowest BCUT2D eigenvalue weighted by atomic mass is 10.0. The predicted molar refractivity (Wildman–Crippen MR) is 85.6 cm³/mol. The number of carbonyl (C=O) groups excluding carboxylic acids is 2. The third kappa shape index (κ3) is 3.65. The number of benzene rings is 1. The van der Waals surface area contributed by atoms with Crippen LogP contribution in [-0.4, -0.2) is 47.6 Å². The fraction of sp³-hybridized carbons (Fsp3) is 0.529. The van der Waals surface area contributed by atoms with E-state index in [1.165, 1.54) is 4.90 Å². The van der Waals surface area contributed by atoms with Crippen LogP contribution >= 0.6 is 0 Å². The standard InChI is InChI=1S/C17H24N2O3/c1-12-5-7-13(8-6-12)19-10-9-14(16(19)21)15(20)18(4)11-17(2,3)22/h5-8,14,22H,9-11H2,1-4H3. The van der Waals surface area contributed by atoms with Crippen molar-refractivity contribution in [2.24, 2.45) is 5.92 Å². The van der Waals surface area contributed by atoms with E-state index in [9.17, 15) is 14.7 Å². The molecule has 1 saturated heterocycles. The van der Waals surface area contributed by atoms with Crippen molar-refractivity contribution < 1.29 is 14.7 Å². The second kappa shape index (κ2) is 6.08. The molecule has 1 fully saturated rings. The average Bonchev–Trinajstić information content (AvgIpc) is 2.79. The molecule has 1 N–H and O–H groups in total. The number of likely N-dealkylation sites (N-methyl/N-ethyl adjacent to an activating group) is 1. The summed E-state index contributed by atoms with van der Waals surface area (Å²) in [5.74, 6) is -1.02. The number of carbonyl (C=O) groups is 2. The lowest BCUT2D eigenvalue weighted by molar-refractivity contribution is -0.141. The summed E-state index contributed by atoms with van der Waals surface area (Å²) >= 11 is 0. The third-order valence-corrected chi connectivity index (χ3v) is 3.85. The van der Waals surface area contributed by atoms with Crippen LogP contribution in [0.2, 0.25) is 0 Å². The van der Waals surface area contributed by atoms with Crippen molar-refractivity contribution in [1.29, 1.82) is 0 Å². The lowest BCUT2D eigenvalue weighted by Gasteiger charge is -2.27. The van der Waals surface area contributed by atoms with Crippen LogP contribution in [0.15, 0.2) is 24.3 Å². The van der Waals surface area contributed by atoms with Gasteiger partial charge in [-0.15, -0.1) is 0 Å². The van der Waals surface area contributed by atoms with Crippen molar-refractivity contribution in [3.63, 3.8) is 0 Å². The molecule has 0 radical (unpaired) electrons. The molecule has 1 aromatic carbocycles. The Kier molecular flexibility index (Phi) is 4.56. The van der Waals surface area contributed by atoms with Crippen molar-refractivity contribution in [3.8, 4) is 0 Å². The summed E-state index contributed by atoms with van der Waals surface area (Å²) in [6, 6.07) is 7.72. The molecule has 1 unspecified atom stereocenters. The number of rotatable bonds is 4. The summed E-state index contributed by atoms with van der Waals surface area (Å²) in [7, 11) is 1.63. The summed E-state index contributed by atoms with van der Waals surface area (Å²) < 4.78 is 0. The van der Waals surface area contributed by atoms with Crippen molar-refractivity contribution in [3.05, 3.63) is 29.8 Å². The van der Waals surface area contributed by atoms with Gasteiger partial charge in [0.2, 0.25) is 11.8 Å². The Morgan fingerprint density at radius 1 is 1.36 bits per heavy atom. The zero-order chi connectivity index (χ0) is 16.5. The van der Waals surface area contributed by atoms with Gasteiger partial charge in [-0.25, -0.2) is 0 Å². The monoisotopic (exact) mass is 304 g/mol. The Morgan fingerprint density at radius 2 is 1.95 bits per heavy atom. The van der Waals surface area contributed by atoms with Crippen LogP contribution in [0, 0.1) is 12.8 Å². The predicted octanol–water partition coefficient (Wildman–Crippen LogP) is 1.58. The highest BCUT2D eigenvalue weighted by Gasteiger charge is 2.39. The number of amides is 2. The minimum Gasteiger partial charge on any atom is -0.389 e. The van der Waals surface area contributed by atoms with Crippen LogP contribution < -0.4 is 4.90 Å². The highest BCUT2D eigenvalue weighted by Crippen LogP contribution is 2.26. The Labute approximate surface area is 131 Å². The van der Waals surface area contributed by atoms with Crippen LogP contribution in [0.1, 0.15) is 25.8 Å². The first-order valence-corrected chi connectivity index (χ1v) is 7.54. The van der Waals surface area contributed by atoms with Crippen molar-refractivity contribution in [2.75, 3.05) is 25.0 Å². The topological polar surface area (TPSA) is 60.9 Å². The number of aliphatic hydroxyl groups is 1. The molecule has 1 heterocycles. The summed E-state index contributed by atoms with van der Waals surface area (Å²) in [6.07, 6.45) is 0.516. The van der Waals surface area contributed by atoms with Crippen molar-refractivity contribution in [1.82, 2.24) is 4.90 Å². The van der Waals surface area contributed by atoms with Gasteiger partial charge in [0.05, 0.1) is 5.60 Å². The van der Waals surface area contributed by atoms with Crippen molar-refractivity contribution in [2.45, 2.75) is 32.8 Å². The number of anilines is 1. The van der Waals surface area contributed by atoms with Gasteiger partial charge in [0, 0.05) is 25.8 Å². The molecule has 5 nitrogen and oxygen atoms in total. The van der Waals surface area contributed by atoms with Crippen LogP contribution in [0.5, 0.6) is 0 Å². The second-order valence-corrected chi connectivity index (χ2v) is 6.67. The fourth-order valence-corrected chi connectivity index (χ4v) is 2.81. The molecule has 0 bridgehead atoms. The first-order valence-electron chi connectivity index (χ1n) is 7.54. The molecule has 22 heavy (non-hydrogen) atoms. The van der Waals surface area contributed by atoms with E-state index in [2.05, 4.69) is 0 Å². The van der Waals surface area contributed by atoms with E-state index in [1.807, 2.05) is 31.2 Å². The number of nitrogens with zero attached hydrogens (tertiary/aromatic N) is 2. The Bertz CT molecular complexity index is 560. The maximum atomic E-state index is 12.5. The van der Waals surface area contributed by atoms with Gasteiger partial charge in [-0.05, 0) is 39.3 Å². The molecule has 1 aliphatic heterocycles. The molecule has 0 saturated carbocycles. The number of aryl methyl sites for hydroxylation is 1. The van der Waals surface area contributed by atoms with Gasteiger partial charge in [0.25, 0.3) is 0 Å². The second-order valence-electron chi connectivity index (χ2n) is 6.67. The summed E-state index contributed by atoms with van der Waals surface area (Å²) in [5, 5.41) is 9.81. The molecule has 0 aromatic heterocycles. The molecule has 2 rings (SSSR count). The lowest BCUT2D eigenvalue weighted by Crippen LogP contribution is -2.44. The molecule has 1 aliphatic rings. The van der Waals surface area contributed by atoms with E-state index in [1.54, 1.807) is 25.8 Å². The normalized spacial score (nSPS) is 18.7. The zero-order valence-electron chi connectivity index (χ0n) is 13.7. The van der Waals surface area contributed by atoms with Crippen LogP contribution in [0.25, 0.3) is 0 Å². The van der Waals surface area contributed by atoms with E-state index in [0.717, 1.165) is 11.3 Å². The fourth-order valence-electron chi connectivity index (χ4n) is 2.81. The molecule has 1 aromatic rings. The SMILES string of the molecule is Cc1ccc(N2CCC(C(=O)N(C)CC(C)(C)O)C2=O)cc1. The molecule has 0 aliphatic carbocycles. The van der Waals surface area contributed by atoms with Crippen molar-refractivity contribution >= 4 is 17.5 Å². The van der Waals surface area contributed by atoms with Gasteiger partial charge in [0.15, 0.2) is 0 Å². The largest absolute Gasteiger partial charge is 0.389 e. The maximum Gasteiger partial charge on any atom is 0.239 e. The molecular weight excluding hydrogens is 280 g/mol. The minimum absolute atomic E-state index is 0.156. The van der Waals surface area contributed by atoms with Crippen LogP contribution in [0.3, 0.4) is 0 Å². The summed E-state index contributed by atoms with van der Waals surface area (Å²) in [4.78, 5) is 28.1. The molecule has 1 atom stereocenters. The highest BCUT2D eigenvalue weighted by molar-refractivity contribution is 6.09. The number of hydrogen-bond donors (Lipinski definition) is 1. The quantitative estimate of drug-likeness (QED) is 0.859. The molecule has 2 amide bonds. The summed E-state index contributed by atoms with van der Waals surface area (Å²) in [6.45, 7) is 6.04. The molecule has 0 spiro atoms. The van der Waals surface area contributed by atoms with Gasteiger partial charge in [-0.3, -0.25) is 9.59 Å².